The largest absolute Gasteiger partial charge is 0.495 e. The molecule has 3 rings (SSSR count). The van der Waals surface area contributed by atoms with Gasteiger partial charge in [0.15, 0.2) is 0 Å². The zero-order valence-electron chi connectivity index (χ0n) is 16.0. The van der Waals surface area contributed by atoms with Crippen molar-refractivity contribution in [3.8, 4) is 5.75 Å². The van der Waals surface area contributed by atoms with E-state index in [-0.39, 0.29) is 17.0 Å². The Morgan fingerprint density at radius 2 is 2.04 bits per heavy atom. The summed E-state index contributed by atoms with van der Waals surface area (Å²) in [6.07, 6.45) is 2.94. The Morgan fingerprint density at radius 1 is 1.30 bits per heavy atom. The quantitative estimate of drug-likeness (QED) is 0.760. The second kappa shape index (κ2) is 8.04. The summed E-state index contributed by atoms with van der Waals surface area (Å²) in [5.74, 6) is 0.764. The summed E-state index contributed by atoms with van der Waals surface area (Å²) in [5, 5.41) is 2.85. The molecule has 0 spiro atoms. The van der Waals surface area contributed by atoms with Gasteiger partial charge in [-0.2, -0.15) is 0 Å². The molecule has 1 aliphatic heterocycles. The van der Waals surface area contributed by atoms with Crippen molar-refractivity contribution in [1.82, 2.24) is 9.21 Å². The predicted molar refractivity (Wildman–Crippen MR) is 102 cm³/mol. The Hall–Kier alpha value is -1.84. The number of carbonyl (C=O) groups excluding carboxylic acids is 1. The van der Waals surface area contributed by atoms with Crippen LogP contribution in [0, 0.1) is 5.92 Å². The van der Waals surface area contributed by atoms with Crippen LogP contribution >= 0.6 is 0 Å². The number of hydrogen-bond acceptors (Lipinski definition) is 5. The highest BCUT2D eigenvalue weighted by Gasteiger charge is 2.35. The van der Waals surface area contributed by atoms with E-state index in [0.717, 1.165) is 30.2 Å². The zero-order chi connectivity index (χ0) is 19.6. The minimum Gasteiger partial charge on any atom is -0.495 e. The van der Waals surface area contributed by atoms with Crippen molar-refractivity contribution in [3.63, 3.8) is 0 Å². The lowest BCUT2D eigenvalue weighted by atomic mass is 10.1. The third-order valence-electron chi connectivity index (χ3n) is 4.92. The average molecular weight is 397 g/mol. The number of ether oxygens (including phenoxy) is 2. The van der Waals surface area contributed by atoms with Gasteiger partial charge in [-0.15, -0.1) is 0 Å². The van der Waals surface area contributed by atoms with Crippen LogP contribution in [0.5, 0.6) is 5.75 Å². The molecule has 0 unspecified atom stereocenters. The average Bonchev–Trinajstić information content (AvgIpc) is 3.34. The molecular weight excluding hydrogens is 370 g/mol. The van der Waals surface area contributed by atoms with Crippen molar-refractivity contribution in [2.75, 3.05) is 46.3 Å². The Morgan fingerprint density at radius 3 is 2.59 bits per heavy atom. The second-order valence-corrected chi connectivity index (χ2v) is 9.34. The SMILES string of the molecule is COc1ccc(S(=O)(=O)N(C)C)cc1NC(=O)N(C[C@@H]1CCOC1)C1CC1. The lowest BCUT2D eigenvalue weighted by molar-refractivity contribution is 0.167. The maximum absolute atomic E-state index is 12.9. The summed E-state index contributed by atoms with van der Waals surface area (Å²) < 4.78 is 36.7. The highest BCUT2D eigenvalue weighted by Crippen LogP contribution is 2.32. The van der Waals surface area contributed by atoms with Gasteiger partial charge >= 0.3 is 6.03 Å². The fraction of sp³-hybridized carbons (Fsp3) is 0.611. The lowest BCUT2D eigenvalue weighted by Gasteiger charge is -2.26. The van der Waals surface area contributed by atoms with Gasteiger partial charge in [0.05, 0.1) is 24.3 Å². The zero-order valence-corrected chi connectivity index (χ0v) is 16.8. The van der Waals surface area contributed by atoms with Gasteiger partial charge in [0.2, 0.25) is 10.0 Å². The predicted octanol–water partition coefficient (Wildman–Crippen LogP) is 1.98. The van der Waals surface area contributed by atoms with Crippen molar-refractivity contribution < 1.29 is 22.7 Å². The monoisotopic (exact) mass is 397 g/mol. The van der Waals surface area contributed by atoms with E-state index in [9.17, 15) is 13.2 Å². The van der Waals surface area contributed by atoms with E-state index >= 15 is 0 Å². The Bertz CT molecular complexity index is 786. The van der Waals surface area contributed by atoms with Gasteiger partial charge < -0.3 is 19.7 Å². The summed E-state index contributed by atoms with van der Waals surface area (Å²) in [4.78, 5) is 14.8. The molecule has 1 aromatic carbocycles. The smallest absolute Gasteiger partial charge is 0.322 e. The minimum atomic E-state index is -3.61. The number of methoxy groups -OCH3 is 1. The van der Waals surface area contributed by atoms with E-state index in [1.54, 1.807) is 6.07 Å². The van der Waals surface area contributed by atoms with Crippen molar-refractivity contribution in [2.24, 2.45) is 5.92 Å². The first-order chi connectivity index (χ1) is 12.8. The number of amides is 2. The summed E-state index contributed by atoms with van der Waals surface area (Å²) in [6.45, 7) is 2.06. The Balaban J connectivity index is 1.80. The second-order valence-electron chi connectivity index (χ2n) is 7.19. The van der Waals surface area contributed by atoms with E-state index in [4.69, 9.17) is 9.47 Å². The van der Waals surface area contributed by atoms with Gasteiger partial charge in [-0.1, -0.05) is 0 Å². The molecule has 1 heterocycles. The summed E-state index contributed by atoms with van der Waals surface area (Å²) >= 11 is 0. The Labute approximate surface area is 160 Å². The van der Waals surface area contributed by atoms with Crippen molar-refractivity contribution >= 4 is 21.7 Å². The highest BCUT2D eigenvalue weighted by molar-refractivity contribution is 7.89. The molecule has 1 saturated carbocycles. The molecule has 2 fully saturated rings. The maximum atomic E-state index is 12.9. The maximum Gasteiger partial charge on any atom is 0.322 e. The molecule has 1 N–H and O–H groups in total. The summed E-state index contributed by atoms with van der Waals surface area (Å²) in [6, 6.07) is 4.47. The van der Waals surface area contributed by atoms with Gasteiger partial charge in [0, 0.05) is 39.2 Å². The highest BCUT2D eigenvalue weighted by atomic mass is 32.2. The molecule has 1 aliphatic carbocycles. The van der Waals surface area contributed by atoms with Crippen LogP contribution < -0.4 is 10.1 Å². The normalized spacial score (nSPS) is 19.9. The van der Waals surface area contributed by atoms with Crippen LogP contribution in [0.4, 0.5) is 10.5 Å². The van der Waals surface area contributed by atoms with Crippen LogP contribution in [0.2, 0.25) is 0 Å². The fourth-order valence-corrected chi connectivity index (χ4v) is 4.06. The number of rotatable bonds is 7. The van der Waals surface area contributed by atoms with E-state index < -0.39 is 10.0 Å². The molecule has 9 heteroatoms. The molecule has 2 amide bonds. The number of nitrogens with one attached hydrogen (secondary N) is 1. The fourth-order valence-electron chi connectivity index (χ4n) is 3.13. The van der Waals surface area contributed by atoms with Crippen molar-refractivity contribution in [2.45, 2.75) is 30.2 Å². The van der Waals surface area contributed by atoms with Gasteiger partial charge in [-0.3, -0.25) is 0 Å². The molecule has 1 aromatic rings. The third-order valence-corrected chi connectivity index (χ3v) is 6.73. The lowest BCUT2D eigenvalue weighted by Crippen LogP contribution is -2.40. The van der Waals surface area contributed by atoms with Crippen LogP contribution in [-0.4, -0.2) is 70.7 Å². The van der Waals surface area contributed by atoms with Gasteiger partial charge in [-0.25, -0.2) is 17.5 Å². The summed E-state index contributed by atoms with van der Waals surface area (Å²) in [5.41, 5.74) is 0.346. The Kier molecular flexibility index (Phi) is 5.92. The molecule has 150 valence electrons. The minimum absolute atomic E-state index is 0.103. The standard InChI is InChI=1S/C18H27N3O5S/c1-20(2)27(23,24)15-6-7-17(25-3)16(10-15)19-18(22)21(14-4-5-14)11-13-8-9-26-12-13/h6-7,10,13-14H,4-5,8-9,11-12H2,1-3H3,(H,19,22)/t13-/m0/s1. The van der Waals surface area contributed by atoms with Crippen molar-refractivity contribution in [3.05, 3.63) is 18.2 Å². The first-order valence-corrected chi connectivity index (χ1v) is 10.5. The third kappa shape index (κ3) is 4.53. The number of benzene rings is 1. The van der Waals surface area contributed by atoms with E-state index in [0.29, 0.717) is 30.5 Å². The molecule has 0 bridgehead atoms. The number of anilines is 1. The van der Waals surface area contributed by atoms with Crippen LogP contribution in [0.25, 0.3) is 0 Å². The van der Waals surface area contributed by atoms with Crippen LogP contribution in [-0.2, 0) is 14.8 Å². The molecule has 0 aromatic heterocycles. The molecule has 1 atom stereocenters. The van der Waals surface area contributed by atoms with Crippen LogP contribution in [0.1, 0.15) is 19.3 Å². The van der Waals surface area contributed by atoms with Crippen LogP contribution in [0.15, 0.2) is 23.1 Å². The molecule has 2 aliphatic rings. The molecule has 1 saturated heterocycles. The van der Waals surface area contributed by atoms with Crippen LogP contribution in [0.3, 0.4) is 0 Å². The van der Waals surface area contributed by atoms with Gasteiger partial charge in [0.1, 0.15) is 5.75 Å². The number of nitrogens with zero attached hydrogens (tertiary/aromatic N) is 2. The number of sulfonamides is 1. The van der Waals surface area contributed by atoms with Gasteiger partial charge in [0.25, 0.3) is 0 Å². The first-order valence-electron chi connectivity index (χ1n) is 9.09. The molecule has 27 heavy (non-hydrogen) atoms. The topological polar surface area (TPSA) is 88.2 Å². The summed E-state index contributed by atoms with van der Waals surface area (Å²) in [7, 11) is 0.816. The van der Waals surface area contributed by atoms with Crippen molar-refractivity contribution in [1.29, 1.82) is 0 Å². The molecular formula is C18H27N3O5S. The first kappa shape index (κ1) is 19.9. The molecule has 8 nitrogen and oxygen atoms in total. The number of hydrogen-bond donors (Lipinski definition) is 1. The van der Waals surface area contributed by atoms with E-state index in [1.807, 2.05) is 4.90 Å². The number of carbonyl (C=O) groups is 1. The number of urea groups is 1. The van der Waals surface area contributed by atoms with E-state index in [1.165, 1.54) is 33.3 Å². The van der Waals surface area contributed by atoms with Gasteiger partial charge in [-0.05, 0) is 37.5 Å². The van der Waals surface area contributed by atoms with E-state index in [2.05, 4.69) is 5.32 Å². The molecule has 0 radical (unpaired) electrons.